The Labute approximate surface area is 180 Å². The molecule has 3 rings (SSSR count). The Balaban J connectivity index is 0.00000280. The van der Waals surface area contributed by atoms with Crippen LogP contribution in [0.4, 0.5) is 0 Å². The van der Waals surface area contributed by atoms with E-state index in [-0.39, 0.29) is 30.9 Å². The molecule has 1 aliphatic heterocycles. The largest absolute Gasteiger partial charge is 0.491 e. The molecule has 1 aliphatic rings. The number of β-amino-alcohol motifs (C(OH)–C–C–N with tert-alkyl or cyclic N) is 1. The molecule has 0 aromatic heterocycles. The zero-order chi connectivity index (χ0) is 19.2. The van der Waals surface area contributed by atoms with Gasteiger partial charge in [0.25, 0.3) is 0 Å². The van der Waals surface area contributed by atoms with Gasteiger partial charge in [-0.25, -0.2) is 0 Å². The first kappa shape index (κ1) is 22.8. The van der Waals surface area contributed by atoms with Gasteiger partial charge in [0.1, 0.15) is 18.5 Å². The predicted molar refractivity (Wildman–Crippen MR) is 114 cm³/mol. The van der Waals surface area contributed by atoms with Gasteiger partial charge in [-0.05, 0) is 48.9 Å². The Bertz CT molecular complexity index is 754. The van der Waals surface area contributed by atoms with Crippen LogP contribution in [0.2, 0.25) is 0 Å². The predicted octanol–water partition coefficient (Wildman–Crippen LogP) is 3.89. The average molecular weight is 471 g/mol. The molecule has 0 bridgehead atoms. The zero-order valence-corrected chi connectivity index (χ0v) is 18.1. The molecular formula is C21H25BrClNO4. The number of rotatable bonds is 7. The number of carbonyl (C=O) groups excluding carboxylic acids is 1. The zero-order valence-electron chi connectivity index (χ0n) is 15.7. The lowest BCUT2D eigenvalue weighted by Gasteiger charge is -2.34. The van der Waals surface area contributed by atoms with Crippen LogP contribution >= 0.6 is 28.3 Å². The maximum absolute atomic E-state index is 11.3. The van der Waals surface area contributed by atoms with E-state index in [9.17, 15) is 9.90 Å². The van der Waals surface area contributed by atoms with Crippen LogP contribution in [0.3, 0.4) is 0 Å². The third kappa shape index (κ3) is 6.57. The number of hydrogen-bond donors (Lipinski definition) is 1. The summed E-state index contributed by atoms with van der Waals surface area (Å²) in [5, 5.41) is 10.3. The van der Waals surface area contributed by atoms with Crippen LogP contribution in [-0.2, 0) is 4.74 Å². The molecule has 152 valence electrons. The molecule has 7 heteroatoms. The third-order valence-electron chi connectivity index (χ3n) is 4.56. The molecule has 0 aliphatic carbocycles. The third-order valence-corrected chi connectivity index (χ3v) is 5.09. The number of benzene rings is 2. The normalized spacial score (nSPS) is 18.2. The van der Waals surface area contributed by atoms with Crippen LogP contribution < -0.4 is 4.74 Å². The molecule has 2 unspecified atom stereocenters. The van der Waals surface area contributed by atoms with Crippen molar-refractivity contribution in [1.82, 2.24) is 4.90 Å². The fraction of sp³-hybridized carbons (Fsp3) is 0.381. The van der Waals surface area contributed by atoms with E-state index >= 15 is 0 Å². The Hall–Kier alpha value is -1.44. The van der Waals surface area contributed by atoms with E-state index in [0.29, 0.717) is 24.5 Å². The van der Waals surface area contributed by atoms with Gasteiger partial charge in [-0.2, -0.15) is 0 Å². The molecule has 1 N–H and O–H groups in total. The minimum absolute atomic E-state index is 0. The van der Waals surface area contributed by atoms with E-state index in [1.807, 2.05) is 12.1 Å². The molecular weight excluding hydrogens is 446 g/mol. The second kappa shape index (κ2) is 10.9. The summed E-state index contributed by atoms with van der Waals surface area (Å²) in [7, 11) is 0. The summed E-state index contributed by atoms with van der Waals surface area (Å²) in [6.07, 6.45) is -0.583. The number of carbonyl (C=O) groups is 1. The highest BCUT2D eigenvalue weighted by Crippen LogP contribution is 2.24. The molecule has 2 aromatic rings. The summed E-state index contributed by atoms with van der Waals surface area (Å²) < 4.78 is 12.6. The minimum atomic E-state index is -0.596. The molecule has 5 nitrogen and oxygen atoms in total. The quantitative estimate of drug-likeness (QED) is 0.622. The number of ether oxygens (including phenoxy) is 2. The SMILES string of the molecule is CC(=O)c1ccc(OCC(O)CN2CCOC(c3ccc(Br)cc3)C2)cc1.Cl. The average Bonchev–Trinajstić information content (AvgIpc) is 2.67. The number of ketones is 1. The van der Waals surface area contributed by atoms with Crippen LogP contribution in [0.15, 0.2) is 53.0 Å². The van der Waals surface area contributed by atoms with Crippen molar-refractivity contribution < 1.29 is 19.4 Å². The first-order valence-electron chi connectivity index (χ1n) is 9.02. The number of nitrogens with zero attached hydrogens (tertiary/aromatic N) is 1. The van der Waals surface area contributed by atoms with Gasteiger partial charge in [0, 0.05) is 29.7 Å². The molecule has 2 aromatic carbocycles. The van der Waals surface area contributed by atoms with Crippen molar-refractivity contribution in [2.24, 2.45) is 0 Å². The summed E-state index contributed by atoms with van der Waals surface area (Å²) in [5.74, 6) is 0.669. The topological polar surface area (TPSA) is 59.0 Å². The van der Waals surface area contributed by atoms with E-state index in [1.165, 1.54) is 6.92 Å². The summed E-state index contributed by atoms with van der Waals surface area (Å²) in [6.45, 7) is 4.44. The van der Waals surface area contributed by atoms with E-state index in [0.717, 1.165) is 23.1 Å². The lowest BCUT2D eigenvalue weighted by molar-refractivity contribution is -0.0459. The molecule has 1 saturated heterocycles. The molecule has 0 saturated carbocycles. The van der Waals surface area contributed by atoms with Crippen LogP contribution in [0.1, 0.15) is 28.9 Å². The molecule has 28 heavy (non-hydrogen) atoms. The van der Waals surface area contributed by atoms with Gasteiger partial charge in [-0.1, -0.05) is 28.1 Å². The standard InChI is InChI=1S/C21H24BrNO4.ClH/c1-15(24)16-4-8-20(9-5-16)27-14-19(25)12-23-10-11-26-21(13-23)17-2-6-18(22)7-3-17;/h2-9,19,21,25H,10-14H2,1H3;1H. The van der Waals surface area contributed by atoms with Gasteiger partial charge in [0.05, 0.1) is 12.7 Å². The van der Waals surface area contributed by atoms with Gasteiger partial charge in [0.2, 0.25) is 0 Å². The molecule has 1 heterocycles. The van der Waals surface area contributed by atoms with Crippen LogP contribution in [0, 0.1) is 0 Å². The van der Waals surface area contributed by atoms with Crippen LogP contribution in [0.5, 0.6) is 5.75 Å². The van der Waals surface area contributed by atoms with E-state index < -0.39 is 6.10 Å². The second-order valence-corrected chi connectivity index (χ2v) is 7.63. The van der Waals surface area contributed by atoms with Crippen molar-refractivity contribution in [1.29, 1.82) is 0 Å². The molecule has 2 atom stereocenters. The summed E-state index contributed by atoms with van der Waals surface area (Å²) in [6, 6.07) is 15.1. The Morgan fingerprint density at radius 3 is 2.57 bits per heavy atom. The number of Topliss-reactive ketones (excluding diaryl/α,β-unsaturated/α-hetero) is 1. The molecule has 0 radical (unpaired) electrons. The molecule has 0 spiro atoms. The maximum Gasteiger partial charge on any atom is 0.159 e. The highest BCUT2D eigenvalue weighted by Gasteiger charge is 2.23. The van der Waals surface area contributed by atoms with Gasteiger partial charge in [-0.3, -0.25) is 9.69 Å². The van der Waals surface area contributed by atoms with Crippen LogP contribution in [-0.4, -0.2) is 54.7 Å². The lowest BCUT2D eigenvalue weighted by Crippen LogP contribution is -2.43. The lowest BCUT2D eigenvalue weighted by atomic mass is 10.1. The van der Waals surface area contributed by atoms with Crippen molar-refractivity contribution in [3.8, 4) is 5.75 Å². The van der Waals surface area contributed by atoms with E-state index in [4.69, 9.17) is 9.47 Å². The summed E-state index contributed by atoms with van der Waals surface area (Å²) >= 11 is 3.45. The fourth-order valence-electron chi connectivity index (χ4n) is 3.08. The number of halogens is 2. The van der Waals surface area contributed by atoms with Gasteiger partial charge in [-0.15, -0.1) is 12.4 Å². The second-order valence-electron chi connectivity index (χ2n) is 6.72. The summed E-state index contributed by atoms with van der Waals surface area (Å²) in [4.78, 5) is 13.5. The molecule has 1 fully saturated rings. The number of aliphatic hydroxyl groups is 1. The van der Waals surface area contributed by atoms with E-state index in [2.05, 4.69) is 33.0 Å². The van der Waals surface area contributed by atoms with Gasteiger partial charge < -0.3 is 14.6 Å². The number of morpholine rings is 1. The summed E-state index contributed by atoms with van der Waals surface area (Å²) in [5.41, 5.74) is 1.79. The smallest absolute Gasteiger partial charge is 0.159 e. The Morgan fingerprint density at radius 1 is 1.25 bits per heavy atom. The Morgan fingerprint density at radius 2 is 1.93 bits per heavy atom. The van der Waals surface area contributed by atoms with Crippen molar-refractivity contribution in [2.75, 3.05) is 32.8 Å². The van der Waals surface area contributed by atoms with Crippen molar-refractivity contribution in [2.45, 2.75) is 19.1 Å². The maximum atomic E-state index is 11.3. The van der Waals surface area contributed by atoms with Crippen LogP contribution in [0.25, 0.3) is 0 Å². The number of hydrogen-bond acceptors (Lipinski definition) is 5. The Kier molecular flexibility index (Phi) is 8.92. The fourth-order valence-corrected chi connectivity index (χ4v) is 3.34. The van der Waals surface area contributed by atoms with E-state index in [1.54, 1.807) is 24.3 Å². The van der Waals surface area contributed by atoms with Crippen molar-refractivity contribution in [3.05, 3.63) is 64.1 Å². The molecule has 0 amide bonds. The first-order chi connectivity index (χ1) is 13.0. The minimum Gasteiger partial charge on any atom is -0.491 e. The van der Waals surface area contributed by atoms with Crippen molar-refractivity contribution >= 4 is 34.1 Å². The first-order valence-corrected chi connectivity index (χ1v) is 9.82. The highest BCUT2D eigenvalue weighted by atomic mass is 79.9. The highest BCUT2D eigenvalue weighted by molar-refractivity contribution is 9.10. The van der Waals surface area contributed by atoms with Gasteiger partial charge >= 0.3 is 0 Å². The van der Waals surface area contributed by atoms with Gasteiger partial charge in [0.15, 0.2) is 5.78 Å². The monoisotopic (exact) mass is 469 g/mol. The number of aliphatic hydroxyl groups excluding tert-OH is 1. The van der Waals surface area contributed by atoms with Crippen molar-refractivity contribution in [3.63, 3.8) is 0 Å².